The minimum absolute atomic E-state index is 0.183. The second-order valence-corrected chi connectivity index (χ2v) is 4.50. The van der Waals surface area contributed by atoms with Crippen molar-refractivity contribution in [3.63, 3.8) is 0 Å². The second kappa shape index (κ2) is 7.66. The Balaban J connectivity index is 2.50. The number of hydrogen-bond acceptors (Lipinski definition) is 2. The largest absolute Gasteiger partial charge is 0.416 e. The first-order valence-corrected chi connectivity index (χ1v) is 6.52. The number of nitrogens with one attached hydrogen (secondary N) is 2. The molecule has 21 heavy (non-hydrogen) atoms. The van der Waals surface area contributed by atoms with Gasteiger partial charge in [-0.2, -0.15) is 13.2 Å². The van der Waals surface area contributed by atoms with E-state index in [9.17, 15) is 22.8 Å². The van der Waals surface area contributed by atoms with Crippen LogP contribution in [0.4, 0.5) is 13.2 Å². The number of amides is 2. The highest BCUT2D eigenvalue weighted by molar-refractivity contribution is 5.85. The molecule has 116 valence electrons. The lowest BCUT2D eigenvalue weighted by molar-refractivity contribution is -0.137. The van der Waals surface area contributed by atoms with E-state index in [1.165, 1.54) is 12.1 Å². The van der Waals surface area contributed by atoms with E-state index < -0.39 is 17.6 Å². The molecule has 0 heterocycles. The van der Waals surface area contributed by atoms with Crippen LogP contribution in [-0.4, -0.2) is 24.9 Å². The van der Waals surface area contributed by atoms with Gasteiger partial charge in [-0.05, 0) is 18.1 Å². The van der Waals surface area contributed by atoms with Gasteiger partial charge >= 0.3 is 6.18 Å². The summed E-state index contributed by atoms with van der Waals surface area (Å²) >= 11 is 0. The Labute approximate surface area is 120 Å². The number of carbonyl (C=O) groups excluding carboxylic acids is 2. The van der Waals surface area contributed by atoms with Gasteiger partial charge in [-0.3, -0.25) is 9.59 Å². The van der Waals surface area contributed by atoms with Crippen molar-refractivity contribution in [2.24, 2.45) is 0 Å². The molecule has 1 aromatic carbocycles. The number of benzene rings is 1. The lowest BCUT2D eigenvalue weighted by Crippen LogP contribution is -2.37. The minimum Gasteiger partial charge on any atom is -0.355 e. The molecule has 7 heteroatoms. The fourth-order valence-electron chi connectivity index (χ4n) is 1.61. The van der Waals surface area contributed by atoms with Crippen LogP contribution >= 0.6 is 0 Å². The molecule has 1 aromatic rings. The summed E-state index contributed by atoms with van der Waals surface area (Å²) in [5, 5.41) is 4.94. The average molecular weight is 302 g/mol. The fourth-order valence-corrected chi connectivity index (χ4v) is 1.61. The topological polar surface area (TPSA) is 58.2 Å². The molecule has 0 aliphatic heterocycles. The zero-order chi connectivity index (χ0) is 15.9. The molecule has 0 unspecified atom stereocenters. The zero-order valence-electron chi connectivity index (χ0n) is 11.6. The summed E-state index contributed by atoms with van der Waals surface area (Å²) < 4.78 is 37.6. The normalized spacial score (nSPS) is 11.0. The first kappa shape index (κ1) is 17.0. The van der Waals surface area contributed by atoms with Crippen molar-refractivity contribution in [2.75, 3.05) is 13.1 Å². The van der Waals surface area contributed by atoms with Crippen LogP contribution in [-0.2, 0) is 22.2 Å². The van der Waals surface area contributed by atoms with E-state index in [1.807, 2.05) is 6.92 Å². The number of halogens is 3. The van der Waals surface area contributed by atoms with Crippen molar-refractivity contribution in [1.29, 1.82) is 0 Å². The average Bonchev–Trinajstić information content (AvgIpc) is 2.42. The van der Waals surface area contributed by atoms with Crippen LogP contribution in [0.15, 0.2) is 24.3 Å². The first-order valence-electron chi connectivity index (χ1n) is 6.52. The Bertz CT molecular complexity index is 501. The Kier molecular flexibility index (Phi) is 6.20. The van der Waals surface area contributed by atoms with Crippen LogP contribution in [0.5, 0.6) is 0 Å². The van der Waals surface area contributed by atoms with Crippen molar-refractivity contribution < 1.29 is 22.8 Å². The van der Waals surface area contributed by atoms with E-state index in [1.54, 1.807) is 0 Å². The molecule has 0 aliphatic carbocycles. The molecule has 0 aliphatic rings. The van der Waals surface area contributed by atoms with Crippen LogP contribution in [0.3, 0.4) is 0 Å². The number of alkyl halides is 3. The lowest BCUT2D eigenvalue weighted by Gasteiger charge is -2.09. The quantitative estimate of drug-likeness (QED) is 0.843. The molecule has 0 saturated carbocycles. The summed E-state index contributed by atoms with van der Waals surface area (Å²) in [6, 6.07) is 4.56. The fraction of sp³-hybridized carbons (Fsp3) is 0.429. The first-order chi connectivity index (χ1) is 9.82. The van der Waals surface area contributed by atoms with Gasteiger partial charge in [-0.1, -0.05) is 25.1 Å². The third-order valence-electron chi connectivity index (χ3n) is 2.64. The van der Waals surface area contributed by atoms with Crippen molar-refractivity contribution in [3.8, 4) is 0 Å². The van der Waals surface area contributed by atoms with Gasteiger partial charge < -0.3 is 10.6 Å². The van der Waals surface area contributed by atoms with Gasteiger partial charge in [0.15, 0.2) is 0 Å². The van der Waals surface area contributed by atoms with Gasteiger partial charge in [0.25, 0.3) is 0 Å². The van der Waals surface area contributed by atoms with Crippen LogP contribution in [0, 0.1) is 0 Å². The number of rotatable bonds is 6. The molecular weight excluding hydrogens is 285 g/mol. The van der Waals surface area contributed by atoms with E-state index in [0.29, 0.717) is 6.54 Å². The third-order valence-corrected chi connectivity index (χ3v) is 2.64. The molecule has 0 radical (unpaired) electrons. The molecule has 4 nitrogen and oxygen atoms in total. The van der Waals surface area contributed by atoms with Crippen molar-refractivity contribution >= 4 is 11.8 Å². The summed E-state index contributed by atoms with van der Waals surface area (Å²) in [5.74, 6) is -0.824. The molecule has 0 aromatic heterocycles. The summed E-state index contributed by atoms with van der Waals surface area (Å²) in [4.78, 5) is 22.8. The van der Waals surface area contributed by atoms with Crippen LogP contribution < -0.4 is 10.6 Å². The molecule has 0 bridgehead atoms. The number of carbonyl (C=O) groups is 2. The van der Waals surface area contributed by atoms with Crippen molar-refractivity contribution in [1.82, 2.24) is 10.6 Å². The van der Waals surface area contributed by atoms with Gasteiger partial charge in [0.05, 0.1) is 18.5 Å². The monoisotopic (exact) mass is 302 g/mol. The Morgan fingerprint density at radius 3 is 2.48 bits per heavy atom. The standard InChI is InChI=1S/C14H17F3N2O2/c1-2-6-18-13(21)9-19-12(20)8-10-4-3-5-11(7-10)14(15,16)17/h3-5,7H,2,6,8-9H2,1H3,(H,18,21)(H,19,20). The summed E-state index contributed by atoms with van der Waals surface area (Å²) in [7, 11) is 0. The molecule has 0 spiro atoms. The van der Waals surface area contributed by atoms with E-state index in [-0.39, 0.29) is 24.4 Å². The van der Waals surface area contributed by atoms with E-state index in [2.05, 4.69) is 10.6 Å². The molecule has 2 amide bonds. The highest BCUT2D eigenvalue weighted by atomic mass is 19.4. The molecule has 0 saturated heterocycles. The second-order valence-electron chi connectivity index (χ2n) is 4.50. The van der Waals surface area contributed by atoms with Crippen molar-refractivity contribution in [2.45, 2.75) is 25.9 Å². The predicted octanol–water partition coefficient (Wildman–Crippen LogP) is 1.89. The van der Waals surface area contributed by atoms with Gasteiger partial charge in [0.2, 0.25) is 11.8 Å². The molecule has 2 N–H and O–H groups in total. The Morgan fingerprint density at radius 1 is 1.14 bits per heavy atom. The number of hydrogen-bond donors (Lipinski definition) is 2. The predicted molar refractivity (Wildman–Crippen MR) is 71.5 cm³/mol. The minimum atomic E-state index is -4.44. The van der Waals surface area contributed by atoms with Crippen LogP contribution in [0.1, 0.15) is 24.5 Å². The summed E-state index contributed by atoms with van der Waals surface area (Å²) in [6.45, 7) is 2.23. The maximum atomic E-state index is 12.5. The maximum absolute atomic E-state index is 12.5. The SMILES string of the molecule is CCCNC(=O)CNC(=O)Cc1cccc(C(F)(F)F)c1. The Hall–Kier alpha value is -2.05. The third kappa shape index (κ3) is 6.29. The lowest BCUT2D eigenvalue weighted by atomic mass is 10.1. The molecule has 0 atom stereocenters. The van der Waals surface area contributed by atoms with Gasteiger partial charge in [0.1, 0.15) is 0 Å². The molecule has 1 rings (SSSR count). The summed E-state index contributed by atoms with van der Waals surface area (Å²) in [6.07, 6.45) is -3.86. The highest BCUT2D eigenvalue weighted by Crippen LogP contribution is 2.29. The molecule has 0 fully saturated rings. The van der Waals surface area contributed by atoms with Crippen LogP contribution in [0.2, 0.25) is 0 Å². The maximum Gasteiger partial charge on any atom is 0.416 e. The Morgan fingerprint density at radius 2 is 1.86 bits per heavy atom. The van der Waals surface area contributed by atoms with Crippen molar-refractivity contribution in [3.05, 3.63) is 35.4 Å². The smallest absolute Gasteiger partial charge is 0.355 e. The van der Waals surface area contributed by atoms with E-state index in [4.69, 9.17) is 0 Å². The highest BCUT2D eigenvalue weighted by Gasteiger charge is 2.30. The van der Waals surface area contributed by atoms with Crippen LogP contribution in [0.25, 0.3) is 0 Å². The van der Waals surface area contributed by atoms with Gasteiger partial charge in [-0.25, -0.2) is 0 Å². The molecular formula is C14H17F3N2O2. The van der Waals surface area contributed by atoms with E-state index in [0.717, 1.165) is 18.6 Å². The summed E-state index contributed by atoms with van der Waals surface area (Å²) in [5.41, 5.74) is -0.551. The van der Waals surface area contributed by atoms with Gasteiger partial charge in [0, 0.05) is 6.54 Å². The zero-order valence-corrected chi connectivity index (χ0v) is 11.6. The van der Waals surface area contributed by atoms with Gasteiger partial charge in [-0.15, -0.1) is 0 Å². The van der Waals surface area contributed by atoms with E-state index >= 15 is 0 Å².